The van der Waals surface area contributed by atoms with Crippen LogP contribution in [0.4, 0.5) is 10.5 Å². The van der Waals surface area contributed by atoms with Crippen LogP contribution in [0.2, 0.25) is 0 Å². The molecule has 0 aromatic heterocycles. The maximum Gasteiger partial charge on any atom is 0.319 e. The molecule has 0 spiro atoms. The number of amides is 2. The highest BCUT2D eigenvalue weighted by atomic mass is 16.2. The summed E-state index contributed by atoms with van der Waals surface area (Å²) in [6, 6.07) is 8.34. The van der Waals surface area contributed by atoms with E-state index in [4.69, 9.17) is 0 Å². The summed E-state index contributed by atoms with van der Waals surface area (Å²) in [5.74, 6) is 0.577. The van der Waals surface area contributed by atoms with Crippen molar-refractivity contribution >= 4 is 11.7 Å². The number of nitrogens with one attached hydrogen (secondary N) is 2. The van der Waals surface area contributed by atoms with Gasteiger partial charge in [0, 0.05) is 11.7 Å². The van der Waals surface area contributed by atoms with E-state index in [2.05, 4.69) is 50.5 Å². The Hall–Kier alpha value is -1.51. The average Bonchev–Trinajstić information content (AvgIpc) is 2.41. The first-order valence-corrected chi connectivity index (χ1v) is 8.04. The third-order valence-electron chi connectivity index (χ3n) is 4.44. The number of hydrogen-bond acceptors (Lipinski definition) is 1. The van der Waals surface area contributed by atoms with Gasteiger partial charge >= 0.3 is 6.03 Å². The van der Waals surface area contributed by atoms with Gasteiger partial charge in [-0.05, 0) is 41.9 Å². The van der Waals surface area contributed by atoms with Crippen molar-refractivity contribution in [1.29, 1.82) is 0 Å². The van der Waals surface area contributed by atoms with Crippen LogP contribution in [0.15, 0.2) is 24.3 Å². The largest absolute Gasteiger partial charge is 0.335 e. The number of rotatable bonds is 2. The maximum absolute atomic E-state index is 12.1. The summed E-state index contributed by atoms with van der Waals surface area (Å²) in [4.78, 5) is 12.1. The van der Waals surface area contributed by atoms with E-state index in [-0.39, 0.29) is 11.4 Å². The van der Waals surface area contributed by atoms with Crippen LogP contribution >= 0.6 is 0 Å². The van der Waals surface area contributed by atoms with Crippen LogP contribution < -0.4 is 10.6 Å². The van der Waals surface area contributed by atoms with Gasteiger partial charge in [-0.3, -0.25) is 0 Å². The van der Waals surface area contributed by atoms with Crippen molar-refractivity contribution in [3.63, 3.8) is 0 Å². The summed E-state index contributed by atoms with van der Waals surface area (Å²) < 4.78 is 0. The molecule has 0 bridgehead atoms. The topological polar surface area (TPSA) is 41.1 Å². The Morgan fingerprint density at radius 3 is 2.29 bits per heavy atom. The fourth-order valence-corrected chi connectivity index (χ4v) is 2.92. The van der Waals surface area contributed by atoms with Crippen molar-refractivity contribution in [3.05, 3.63) is 29.8 Å². The molecular weight excluding hydrogens is 260 g/mol. The molecule has 2 N–H and O–H groups in total. The molecule has 1 fully saturated rings. The smallest absolute Gasteiger partial charge is 0.319 e. The molecule has 3 nitrogen and oxygen atoms in total. The van der Waals surface area contributed by atoms with Crippen LogP contribution in [0.3, 0.4) is 0 Å². The number of anilines is 1. The predicted octanol–water partition coefficient (Wildman–Crippen LogP) is 4.68. The molecule has 21 heavy (non-hydrogen) atoms. The van der Waals surface area contributed by atoms with Gasteiger partial charge in [0.25, 0.3) is 0 Å². The minimum Gasteiger partial charge on any atom is -0.335 e. The van der Waals surface area contributed by atoms with E-state index in [1.54, 1.807) is 0 Å². The molecule has 0 aliphatic heterocycles. The Balaban J connectivity index is 1.90. The van der Waals surface area contributed by atoms with E-state index in [0.29, 0.717) is 12.0 Å². The zero-order valence-corrected chi connectivity index (χ0v) is 13.7. The standard InChI is InChI=1S/C18H28N2O/c1-13-7-5-6-8-16(13)20-17(21)19-15-11-9-14(10-12-15)18(2,3)4/h9-13,16H,5-8H2,1-4H3,(H2,19,20,21). The Morgan fingerprint density at radius 1 is 1.10 bits per heavy atom. The number of hydrogen-bond donors (Lipinski definition) is 2. The highest BCUT2D eigenvalue weighted by molar-refractivity contribution is 5.89. The number of urea groups is 1. The Bertz CT molecular complexity index is 473. The molecule has 0 heterocycles. The average molecular weight is 288 g/mol. The molecule has 2 rings (SSSR count). The van der Waals surface area contributed by atoms with Crippen LogP contribution in [0, 0.1) is 5.92 Å². The number of carbonyl (C=O) groups excluding carboxylic acids is 1. The van der Waals surface area contributed by atoms with Crippen molar-refractivity contribution in [3.8, 4) is 0 Å². The van der Waals surface area contributed by atoms with Crippen molar-refractivity contribution in [2.75, 3.05) is 5.32 Å². The van der Waals surface area contributed by atoms with Crippen LogP contribution in [0.5, 0.6) is 0 Å². The van der Waals surface area contributed by atoms with Crippen LogP contribution in [-0.4, -0.2) is 12.1 Å². The van der Waals surface area contributed by atoms with Crippen molar-refractivity contribution in [2.24, 2.45) is 5.92 Å². The zero-order chi connectivity index (χ0) is 15.5. The van der Waals surface area contributed by atoms with Gasteiger partial charge < -0.3 is 10.6 Å². The van der Waals surface area contributed by atoms with Crippen LogP contribution in [0.1, 0.15) is 58.9 Å². The minimum atomic E-state index is -0.0859. The van der Waals surface area contributed by atoms with Crippen molar-refractivity contribution in [2.45, 2.75) is 64.8 Å². The second-order valence-corrected chi connectivity index (χ2v) is 7.29. The summed E-state index contributed by atoms with van der Waals surface area (Å²) in [7, 11) is 0. The summed E-state index contributed by atoms with van der Waals surface area (Å²) in [6.07, 6.45) is 4.81. The molecule has 2 amide bonds. The molecule has 0 radical (unpaired) electrons. The zero-order valence-electron chi connectivity index (χ0n) is 13.7. The van der Waals surface area contributed by atoms with E-state index in [1.165, 1.54) is 24.8 Å². The van der Waals surface area contributed by atoms with Gasteiger partial charge in [-0.15, -0.1) is 0 Å². The first kappa shape index (κ1) is 15.9. The maximum atomic E-state index is 12.1. The normalized spacial score (nSPS) is 22.7. The fraction of sp³-hybridized carbons (Fsp3) is 0.611. The van der Waals surface area contributed by atoms with Crippen molar-refractivity contribution < 1.29 is 4.79 Å². The van der Waals surface area contributed by atoms with Crippen LogP contribution in [-0.2, 0) is 5.41 Å². The van der Waals surface area contributed by atoms with E-state index in [9.17, 15) is 4.79 Å². The fourth-order valence-electron chi connectivity index (χ4n) is 2.92. The molecule has 1 aliphatic rings. The van der Waals surface area contributed by atoms with Crippen molar-refractivity contribution in [1.82, 2.24) is 5.32 Å². The third kappa shape index (κ3) is 4.48. The van der Waals surface area contributed by atoms with Gasteiger partial charge in [0.15, 0.2) is 0 Å². The first-order chi connectivity index (χ1) is 9.86. The number of carbonyl (C=O) groups is 1. The molecule has 1 saturated carbocycles. The predicted molar refractivity (Wildman–Crippen MR) is 88.7 cm³/mol. The van der Waals surface area contributed by atoms with Gasteiger partial charge in [-0.1, -0.05) is 52.7 Å². The van der Waals surface area contributed by atoms with E-state index < -0.39 is 0 Å². The number of benzene rings is 1. The summed E-state index contributed by atoms with van der Waals surface area (Å²) >= 11 is 0. The molecule has 1 aromatic carbocycles. The Labute approximate surface area is 128 Å². The lowest BCUT2D eigenvalue weighted by molar-refractivity contribution is 0.232. The SMILES string of the molecule is CC1CCCCC1NC(=O)Nc1ccc(C(C)(C)C)cc1. The van der Waals surface area contributed by atoms with Gasteiger partial charge in [0.2, 0.25) is 0 Å². The molecule has 2 unspecified atom stereocenters. The highest BCUT2D eigenvalue weighted by Gasteiger charge is 2.22. The second-order valence-electron chi connectivity index (χ2n) is 7.29. The molecule has 1 aromatic rings. The summed E-state index contributed by atoms with van der Waals surface area (Å²) in [6.45, 7) is 8.79. The third-order valence-corrected chi connectivity index (χ3v) is 4.44. The lowest BCUT2D eigenvalue weighted by Gasteiger charge is -2.29. The Kier molecular flexibility index (Phi) is 4.92. The van der Waals surface area contributed by atoms with E-state index in [0.717, 1.165) is 12.1 Å². The van der Waals surface area contributed by atoms with Gasteiger partial charge in [0.1, 0.15) is 0 Å². The van der Waals surface area contributed by atoms with Gasteiger partial charge in [0.05, 0.1) is 0 Å². The molecule has 1 aliphatic carbocycles. The second kappa shape index (κ2) is 6.50. The first-order valence-electron chi connectivity index (χ1n) is 8.04. The minimum absolute atomic E-state index is 0.0859. The molecule has 3 heteroatoms. The summed E-state index contributed by atoms with van der Waals surface area (Å²) in [5.41, 5.74) is 2.26. The van der Waals surface area contributed by atoms with E-state index in [1.807, 2.05) is 12.1 Å². The van der Waals surface area contributed by atoms with Crippen LogP contribution in [0.25, 0.3) is 0 Å². The lowest BCUT2D eigenvalue weighted by atomic mass is 9.86. The molecule has 116 valence electrons. The molecule has 2 atom stereocenters. The lowest BCUT2D eigenvalue weighted by Crippen LogP contribution is -2.43. The van der Waals surface area contributed by atoms with Gasteiger partial charge in [-0.25, -0.2) is 4.79 Å². The Morgan fingerprint density at radius 2 is 1.71 bits per heavy atom. The molecule has 0 saturated heterocycles. The monoisotopic (exact) mass is 288 g/mol. The highest BCUT2D eigenvalue weighted by Crippen LogP contribution is 2.25. The quantitative estimate of drug-likeness (QED) is 0.814. The van der Waals surface area contributed by atoms with E-state index >= 15 is 0 Å². The summed E-state index contributed by atoms with van der Waals surface area (Å²) in [5, 5.41) is 6.05. The molecular formula is C18H28N2O. The van der Waals surface area contributed by atoms with Gasteiger partial charge in [-0.2, -0.15) is 0 Å².